The number of nitrogens with two attached hydrogens (primary N) is 1. The molecule has 0 radical (unpaired) electrons. The second-order valence-electron chi connectivity index (χ2n) is 4.22. The topological polar surface area (TPSA) is 107 Å². The first-order chi connectivity index (χ1) is 9.95. The molecule has 0 saturated heterocycles. The first kappa shape index (κ1) is 14.7. The minimum atomic E-state index is -0.998. The van der Waals surface area contributed by atoms with Gasteiger partial charge in [0.2, 0.25) is 0 Å². The van der Waals surface area contributed by atoms with Crippen LogP contribution in [0.5, 0.6) is 0 Å². The van der Waals surface area contributed by atoms with Gasteiger partial charge in [-0.3, -0.25) is 14.2 Å². The van der Waals surface area contributed by atoms with E-state index in [2.05, 4.69) is 0 Å². The van der Waals surface area contributed by atoms with E-state index in [0.717, 1.165) is 22.9 Å². The van der Waals surface area contributed by atoms with Gasteiger partial charge in [0, 0.05) is 6.20 Å². The third-order valence-electron chi connectivity index (χ3n) is 2.85. The molecule has 2 rings (SSSR count). The maximum absolute atomic E-state index is 12.9. The zero-order chi connectivity index (χ0) is 15.6. The highest BCUT2D eigenvalue weighted by Crippen LogP contribution is 2.05. The van der Waals surface area contributed by atoms with Crippen LogP contribution >= 0.6 is 0 Å². The van der Waals surface area contributed by atoms with Gasteiger partial charge < -0.3 is 10.8 Å². The van der Waals surface area contributed by atoms with E-state index in [1.807, 2.05) is 0 Å². The van der Waals surface area contributed by atoms with E-state index in [4.69, 9.17) is 10.8 Å². The summed E-state index contributed by atoms with van der Waals surface area (Å²) in [7, 11) is 0. The highest BCUT2D eigenvalue weighted by atomic mass is 19.1. The number of benzene rings is 1. The van der Waals surface area contributed by atoms with Gasteiger partial charge in [0.15, 0.2) is 0 Å². The van der Waals surface area contributed by atoms with Crippen LogP contribution < -0.4 is 17.0 Å². The Morgan fingerprint density at radius 1 is 1.24 bits per heavy atom. The number of aliphatic hydroxyl groups is 1. The molecule has 3 N–H and O–H groups in total. The monoisotopic (exact) mass is 293 g/mol. The molecule has 0 bridgehead atoms. The molecule has 7 nitrogen and oxygen atoms in total. The summed E-state index contributed by atoms with van der Waals surface area (Å²) in [5.74, 6) is -1.53. The molecule has 0 aliphatic rings. The van der Waals surface area contributed by atoms with Gasteiger partial charge in [0.25, 0.3) is 11.5 Å². The number of nitrogens with zero attached hydrogens (tertiary/aromatic N) is 2. The van der Waals surface area contributed by atoms with Crippen molar-refractivity contribution in [2.24, 2.45) is 5.73 Å². The standard InChI is InChI=1S/C13H12FN3O4/c14-8-1-3-9(4-2-8)17-12(20)10(11(15)19)7-16(5-6-18)13(17)21/h1-4,7,18H,5-6H2,(H2,15,19). The SMILES string of the molecule is NC(=O)c1cn(CCO)c(=O)n(-c2ccc(F)cc2)c1=O. The second kappa shape index (κ2) is 5.71. The molecule has 21 heavy (non-hydrogen) atoms. The fourth-order valence-electron chi connectivity index (χ4n) is 1.86. The van der Waals surface area contributed by atoms with Gasteiger partial charge in [-0.25, -0.2) is 13.8 Å². The number of primary amides is 1. The quantitative estimate of drug-likeness (QED) is 0.771. The van der Waals surface area contributed by atoms with E-state index in [1.165, 1.54) is 12.1 Å². The highest BCUT2D eigenvalue weighted by Gasteiger charge is 2.16. The molecule has 0 spiro atoms. The number of carbonyl (C=O) groups excluding carboxylic acids is 1. The fourth-order valence-corrected chi connectivity index (χ4v) is 1.86. The predicted octanol–water partition coefficient (Wildman–Crippen LogP) is -0.771. The third kappa shape index (κ3) is 2.75. The number of halogens is 1. The highest BCUT2D eigenvalue weighted by molar-refractivity contribution is 5.92. The largest absolute Gasteiger partial charge is 0.395 e. The Labute approximate surface area is 117 Å². The molecule has 2 aromatic rings. The van der Waals surface area contributed by atoms with Crippen LogP contribution in [-0.4, -0.2) is 26.8 Å². The predicted molar refractivity (Wildman–Crippen MR) is 71.9 cm³/mol. The lowest BCUT2D eigenvalue weighted by Crippen LogP contribution is -2.42. The Kier molecular flexibility index (Phi) is 3.99. The van der Waals surface area contributed by atoms with Crippen molar-refractivity contribution in [3.8, 4) is 5.69 Å². The minimum Gasteiger partial charge on any atom is -0.395 e. The molecule has 0 aliphatic heterocycles. The van der Waals surface area contributed by atoms with Crippen LogP contribution in [0, 0.1) is 5.82 Å². The average Bonchev–Trinajstić information content (AvgIpc) is 2.44. The molecular formula is C13H12FN3O4. The molecule has 0 atom stereocenters. The van der Waals surface area contributed by atoms with Gasteiger partial charge in [-0.15, -0.1) is 0 Å². The Morgan fingerprint density at radius 3 is 2.38 bits per heavy atom. The van der Waals surface area contributed by atoms with Gasteiger partial charge in [-0.2, -0.15) is 0 Å². The van der Waals surface area contributed by atoms with E-state index in [-0.39, 0.29) is 18.8 Å². The number of hydrogen-bond donors (Lipinski definition) is 2. The summed E-state index contributed by atoms with van der Waals surface area (Å²) in [6.07, 6.45) is 1.00. The number of aromatic nitrogens is 2. The zero-order valence-electron chi connectivity index (χ0n) is 10.8. The summed E-state index contributed by atoms with van der Waals surface area (Å²) in [4.78, 5) is 35.7. The van der Waals surface area contributed by atoms with Crippen molar-refractivity contribution >= 4 is 5.91 Å². The molecular weight excluding hydrogens is 281 g/mol. The molecule has 0 saturated carbocycles. The van der Waals surface area contributed by atoms with Crippen LogP contribution in [0.2, 0.25) is 0 Å². The number of amides is 1. The smallest absolute Gasteiger partial charge is 0.335 e. The lowest BCUT2D eigenvalue weighted by molar-refractivity contribution is 0.0997. The number of carbonyl (C=O) groups is 1. The van der Waals surface area contributed by atoms with Crippen LogP contribution in [0.3, 0.4) is 0 Å². The molecule has 0 aliphatic carbocycles. The maximum atomic E-state index is 12.9. The van der Waals surface area contributed by atoms with Crippen molar-refractivity contribution < 1.29 is 14.3 Å². The van der Waals surface area contributed by atoms with E-state index in [9.17, 15) is 18.8 Å². The van der Waals surface area contributed by atoms with Crippen molar-refractivity contribution in [1.29, 1.82) is 0 Å². The van der Waals surface area contributed by atoms with Gasteiger partial charge in [0.05, 0.1) is 18.8 Å². The number of hydrogen-bond acceptors (Lipinski definition) is 4. The number of rotatable bonds is 4. The van der Waals surface area contributed by atoms with Gasteiger partial charge >= 0.3 is 5.69 Å². The molecule has 0 fully saturated rings. The van der Waals surface area contributed by atoms with Crippen LogP contribution in [0.4, 0.5) is 4.39 Å². The van der Waals surface area contributed by atoms with Crippen LogP contribution in [0.25, 0.3) is 5.69 Å². The number of aliphatic hydroxyl groups excluding tert-OH is 1. The summed E-state index contributed by atoms with van der Waals surface area (Å²) >= 11 is 0. The van der Waals surface area contributed by atoms with Gasteiger partial charge in [-0.05, 0) is 24.3 Å². The second-order valence-corrected chi connectivity index (χ2v) is 4.22. The lowest BCUT2D eigenvalue weighted by Gasteiger charge is -2.11. The molecule has 1 heterocycles. The molecule has 8 heteroatoms. The zero-order valence-corrected chi connectivity index (χ0v) is 10.8. The summed E-state index contributed by atoms with van der Waals surface area (Å²) in [6.45, 7) is -0.472. The van der Waals surface area contributed by atoms with Crippen LogP contribution in [0.1, 0.15) is 10.4 Å². The summed E-state index contributed by atoms with van der Waals surface area (Å²) in [6, 6.07) is 4.61. The average molecular weight is 293 g/mol. The van der Waals surface area contributed by atoms with Crippen molar-refractivity contribution in [3.05, 3.63) is 62.7 Å². The molecule has 110 valence electrons. The van der Waals surface area contributed by atoms with Crippen molar-refractivity contribution in [2.75, 3.05) is 6.61 Å². The molecule has 0 unspecified atom stereocenters. The fraction of sp³-hybridized carbons (Fsp3) is 0.154. The molecule has 1 amide bonds. The summed E-state index contributed by atoms with van der Waals surface area (Å²) in [5, 5.41) is 8.93. The summed E-state index contributed by atoms with van der Waals surface area (Å²) < 4.78 is 14.6. The minimum absolute atomic E-state index is 0.0983. The molecule has 1 aromatic carbocycles. The van der Waals surface area contributed by atoms with E-state index in [0.29, 0.717) is 4.57 Å². The Hall–Kier alpha value is -2.74. The summed E-state index contributed by atoms with van der Waals surface area (Å²) in [5.41, 5.74) is 3.16. The van der Waals surface area contributed by atoms with Gasteiger partial charge in [0.1, 0.15) is 11.4 Å². The lowest BCUT2D eigenvalue weighted by atomic mass is 10.2. The van der Waals surface area contributed by atoms with Crippen LogP contribution in [0.15, 0.2) is 40.1 Å². The Balaban J connectivity index is 2.80. The van der Waals surface area contributed by atoms with Crippen LogP contribution in [-0.2, 0) is 6.54 Å². The van der Waals surface area contributed by atoms with E-state index in [1.54, 1.807) is 0 Å². The Morgan fingerprint density at radius 2 is 1.86 bits per heavy atom. The van der Waals surface area contributed by atoms with E-state index >= 15 is 0 Å². The van der Waals surface area contributed by atoms with Crippen molar-refractivity contribution in [2.45, 2.75) is 6.54 Å². The van der Waals surface area contributed by atoms with Gasteiger partial charge in [-0.1, -0.05) is 0 Å². The molecule has 1 aromatic heterocycles. The van der Waals surface area contributed by atoms with Crippen molar-refractivity contribution in [1.82, 2.24) is 9.13 Å². The Bertz CT molecular complexity index is 793. The van der Waals surface area contributed by atoms with Crippen molar-refractivity contribution in [3.63, 3.8) is 0 Å². The van der Waals surface area contributed by atoms with E-state index < -0.39 is 28.5 Å². The first-order valence-electron chi connectivity index (χ1n) is 5.99. The first-order valence-corrected chi connectivity index (χ1v) is 5.99. The normalized spacial score (nSPS) is 10.6. The third-order valence-corrected chi connectivity index (χ3v) is 2.85. The maximum Gasteiger partial charge on any atom is 0.335 e.